The zero-order valence-electron chi connectivity index (χ0n) is 10.4. The fraction of sp³-hybridized carbons (Fsp3) is 0.417. The average molecular weight is 260 g/mol. The molecule has 2 N–H and O–H groups in total. The summed E-state index contributed by atoms with van der Waals surface area (Å²) < 4.78 is 39.7. The summed E-state index contributed by atoms with van der Waals surface area (Å²) in [6.07, 6.45) is 0. The van der Waals surface area contributed by atoms with Gasteiger partial charge in [-0.2, -0.15) is 0 Å². The Morgan fingerprint density at radius 1 is 1.28 bits per heavy atom. The van der Waals surface area contributed by atoms with E-state index in [1.165, 1.54) is 7.05 Å². The highest BCUT2D eigenvalue weighted by Crippen LogP contribution is 2.20. The van der Waals surface area contributed by atoms with Gasteiger partial charge < -0.3 is 10.6 Å². The molecular formula is C12H15F3N2O. The van der Waals surface area contributed by atoms with Crippen LogP contribution in [0.25, 0.3) is 0 Å². The van der Waals surface area contributed by atoms with Crippen LogP contribution in [-0.4, -0.2) is 29.9 Å². The topological polar surface area (TPSA) is 46.3 Å². The van der Waals surface area contributed by atoms with Crippen molar-refractivity contribution in [3.8, 4) is 0 Å². The first-order valence-electron chi connectivity index (χ1n) is 5.33. The number of hydrogen-bond acceptors (Lipinski definition) is 2. The Kier molecular flexibility index (Phi) is 4.01. The normalized spacial score (nSPS) is 11.5. The van der Waals surface area contributed by atoms with E-state index in [0.29, 0.717) is 12.1 Å². The summed E-state index contributed by atoms with van der Waals surface area (Å²) in [6, 6.07) is 0.944. The second-order valence-corrected chi connectivity index (χ2v) is 4.63. The Morgan fingerprint density at radius 3 is 2.11 bits per heavy atom. The monoisotopic (exact) mass is 260 g/mol. The molecule has 0 aliphatic heterocycles. The summed E-state index contributed by atoms with van der Waals surface area (Å²) in [5, 5.41) is 0. The van der Waals surface area contributed by atoms with E-state index in [2.05, 4.69) is 0 Å². The number of nitrogens with zero attached hydrogens (tertiary/aromatic N) is 1. The molecule has 0 aliphatic carbocycles. The molecule has 0 bridgehead atoms. The number of nitrogens with two attached hydrogens (primary N) is 1. The van der Waals surface area contributed by atoms with Crippen LogP contribution in [0.2, 0.25) is 0 Å². The van der Waals surface area contributed by atoms with E-state index in [1.54, 1.807) is 13.8 Å². The SMILES string of the molecule is CN(C(=O)c1c(F)cc(F)cc1F)C(C)(C)CN. The van der Waals surface area contributed by atoms with Gasteiger partial charge in [0.05, 0.1) is 0 Å². The van der Waals surface area contributed by atoms with Crippen LogP contribution in [0.4, 0.5) is 13.2 Å². The molecule has 0 fully saturated rings. The van der Waals surface area contributed by atoms with Crippen molar-refractivity contribution < 1.29 is 18.0 Å². The lowest BCUT2D eigenvalue weighted by Gasteiger charge is -2.34. The van der Waals surface area contributed by atoms with E-state index in [9.17, 15) is 18.0 Å². The molecule has 0 saturated heterocycles. The molecule has 0 aliphatic rings. The fourth-order valence-corrected chi connectivity index (χ4v) is 1.33. The van der Waals surface area contributed by atoms with Crippen LogP contribution in [0.15, 0.2) is 12.1 Å². The maximum Gasteiger partial charge on any atom is 0.260 e. The van der Waals surface area contributed by atoms with Gasteiger partial charge in [0, 0.05) is 31.3 Å². The van der Waals surface area contributed by atoms with Crippen molar-refractivity contribution in [3.05, 3.63) is 35.1 Å². The molecule has 100 valence electrons. The highest BCUT2D eigenvalue weighted by atomic mass is 19.1. The smallest absolute Gasteiger partial charge is 0.260 e. The van der Waals surface area contributed by atoms with Crippen molar-refractivity contribution >= 4 is 5.91 Å². The summed E-state index contributed by atoms with van der Waals surface area (Å²) in [5.74, 6) is -4.39. The van der Waals surface area contributed by atoms with Crippen molar-refractivity contribution in [2.24, 2.45) is 5.73 Å². The lowest BCUT2D eigenvalue weighted by atomic mass is 10.0. The Morgan fingerprint density at radius 2 is 1.72 bits per heavy atom. The molecule has 0 spiro atoms. The molecule has 1 aromatic rings. The highest BCUT2D eigenvalue weighted by molar-refractivity contribution is 5.95. The van der Waals surface area contributed by atoms with E-state index in [4.69, 9.17) is 5.73 Å². The van der Waals surface area contributed by atoms with E-state index in [1.807, 2.05) is 0 Å². The molecular weight excluding hydrogens is 245 g/mol. The van der Waals surface area contributed by atoms with Crippen molar-refractivity contribution in [2.45, 2.75) is 19.4 Å². The molecule has 0 atom stereocenters. The number of benzene rings is 1. The van der Waals surface area contributed by atoms with Crippen LogP contribution in [-0.2, 0) is 0 Å². The summed E-state index contributed by atoms with van der Waals surface area (Å²) in [7, 11) is 1.39. The van der Waals surface area contributed by atoms with Gasteiger partial charge in [-0.3, -0.25) is 4.79 Å². The van der Waals surface area contributed by atoms with Gasteiger partial charge >= 0.3 is 0 Å². The third-order valence-electron chi connectivity index (χ3n) is 2.93. The van der Waals surface area contributed by atoms with Gasteiger partial charge in [0.2, 0.25) is 0 Å². The highest BCUT2D eigenvalue weighted by Gasteiger charge is 2.30. The maximum absolute atomic E-state index is 13.5. The number of carbonyl (C=O) groups is 1. The van der Waals surface area contributed by atoms with Crippen LogP contribution in [0.1, 0.15) is 24.2 Å². The zero-order chi connectivity index (χ0) is 14.1. The number of amides is 1. The third kappa shape index (κ3) is 2.64. The quantitative estimate of drug-likeness (QED) is 0.902. The molecule has 1 aromatic carbocycles. The Hall–Kier alpha value is -1.56. The number of likely N-dealkylation sites (N-methyl/N-ethyl adjacent to an activating group) is 1. The zero-order valence-corrected chi connectivity index (χ0v) is 10.4. The predicted molar refractivity (Wildman–Crippen MR) is 61.5 cm³/mol. The van der Waals surface area contributed by atoms with E-state index < -0.39 is 34.5 Å². The molecule has 1 rings (SSSR count). The van der Waals surface area contributed by atoms with Crippen LogP contribution < -0.4 is 5.73 Å². The van der Waals surface area contributed by atoms with Crippen molar-refractivity contribution in [3.63, 3.8) is 0 Å². The number of hydrogen-bond donors (Lipinski definition) is 1. The maximum atomic E-state index is 13.5. The first kappa shape index (κ1) is 14.5. The standard InChI is InChI=1S/C12H15F3N2O/c1-12(2,6-16)17(3)11(18)10-8(14)4-7(13)5-9(10)15/h4-5H,6,16H2,1-3H3. The van der Waals surface area contributed by atoms with Gasteiger partial charge in [-0.1, -0.05) is 0 Å². The largest absolute Gasteiger partial charge is 0.335 e. The predicted octanol–water partition coefficient (Wildman–Crippen LogP) is 1.91. The molecule has 0 radical (unpaired) electrons. The van der Waals surface area contributed by atoms with E-state index in [-0.39, 0.29) is 6.54 Å². The molecule has 0 aromatic heterocycles. The first-order valence-corrected chi connectivity index (χ1v) is 5.33. The second-order valence-electron chi connectivity index (χ2n) is 4.63. The molecule has 0 unspecified atom stereocenters. The minimum atomic E-state index is -1.22. The molecule has 0 heterocycles. The number of carbonyl (C=O) groups excluding carboxylic acids is 1. The van der Waals surface area contributed by atoms with Crippen LogP contribution >= 0.6 is 0 Å². The molecule has 1 amide bonds. The lowest BCUT2D eigenvalue weighted by molar-refractivity contribution is 0.0630. The Bertz CT molecular complexity index is 451. The summed E-state index contributed by atoms with van der Waals surface area (Å²) in [4.78, 5) is 13.1. The summed E-state index contributed by atoms with van der Waals surface area (Å²) in [5.41, 5.74) is 3.94. The van der Waals surface area contributed by atoms with Crippen LogP contribution in [0, 0.1) is 17.5 Å². The van der Waals surface area contributed by atoms with E-state index in [0.717, 1.165) is 4.90 Å². The Balaban J connectivity index is 3.20. The van der Waals surface area contributed by atoms with E-state index >= 15 is 0 Å². The lowest BCUT2D eigenvalue weighted by Crippen LogP contribution is -2.50. The van der Waals surface area contributed by atoms with Gasteiger partial charge in [0.15, 0.2) is 0 Å². The average Bonchev–Trinajstić information content (AvgIpc) is 2.26. The van der Waals surface area contributed by atoms with Crippen molar-refractivity contribution in [2.75, 3.05) is 13.6 Å². The third-order valence-corrected chi connectivity index (χ3v) is 2.93. The van der Waals surface area contributed by atoms with Gasteiger partial charge in [-0.25, -0.2) is 13.2 Å². The summed E-state index contributed by atoms with van der Waals surface area (Å²) in [6.45, 7) is 3.44. The van der Waals surface area contributed by atoms with Crippen molar-refractivity contribution in [1.29, 1.82) is 0 Å². The van der Waals surface area contributed by atoms with Gasteiger partial charge in [0.25, 0.3) is 5.91 Å². The minimum Gasteiger partial charge on any atom is -0.335 e. The summed E-state index contributed by atoms with van der Waals surface area (Å²) >= 11 is 0. The molecule has 6 heteroatoms. The molecule has 0 saturated carbocycles. The van der Waals surface area contributed by atoms with Crippen molar-refractivity contribution in [1.82, 2.24) is 4.90 Å². The molecule has 3 nitrogen and oxygen atoms in total. The van der Waals surface area contributed by atoms with Crippen LogP contribution in [0.3, 0.4) is 0 Å². The first-order chi connectivity index (χ1) is 8.20. The van der Waals surface area contributed by atoms with Gasteiger partial charge in [0.1, 0.15) is 23.0 Å². The van der Waals surface area contributed by atoms with Crippen LogP contribution in [0.5, 0.6) is 0 Å². The Labute approximate surface area is 103 Å². The number of halogens is 3. The van der Waals surface area contributed by atoms with Gasteiger partial charge in [-0.15, -0.1) is 0 Å². The molecule has 18 heavy (non-hydrogen) atoms. The second kappa shape index (κ2) is 4.97. The fourth-order valence-electron chi connectivity index (χ4n) is 1.33. The number of rotatable bonds is 3. The van der Waals surface area contributed by atoms with Gasteiger partial charge in [-0.05, 0) is 13.8 Å². The minimum absolute atomic E-state index is 0.125.